The van der Waals surface area contributed by atoms with Crippen molar-refractivity contribution in [3.05, 3.63) is 65.4 Å². The Morgan fingerprint density at radius 2 is 1.88 bits per heavy atom. The molecule has 1 aliphatic rings. The molecule has 0 aliphatic heterocycles. The van der Waals surface area contributed by atoms with Crippen molar-refractivity contribution < 1.29 is 28.2 Å². The number of fused-ring (bicyclic) bond motifs is 1. The quantitative estimate of drug-likeness (QED) is 0.438. The van der Waals surface area contributed by atoms with E-state index < -0.39 is 17.4 Å². The maximum atomic E-state index is 14.3. The van der Waals surface area contributed by atoms with Crippen LogP contribution in [-0.2, 0) is 0 Å². The number of hydrogen-bond acceptors (Lipinski definition) is 6. The van der Waals surface area contributed by atoms with E-state index in [0.29, 0.717) is 16.8 Å². The minimum Gasteiger partial charge on any atom is -0.504 e. The number of aryl methyl sites for hydroxylation is 1. The Hall–Kier alpha value is -4.21. The average molecular weight is 466 g/mol. The lowest BCUT2D eigenvalue weighted by Gasteiger charge is -2.11. The summed E-state index contributed by atoms with van der Waals surface area (Å²) in [5.41, 5.74) is 2.68. The van der Waals surface area contributed by atoms with Gasteiger partial charge in [-0.2, -0.15) is 8.78 Å². The number of carbonyl (C=O) groups excluding carboxylic acids is 1. The minimum absolute atomic E-state index is 0.120. The van der Waals surface area contributed by atoms with Gasteiger partial charge < -0.3 is 19.9 Å². The van der Waals surface area contributed by atoms with Crippen molar-refractivity contribution in [1.82, 2.24) is 19.9 Å². The molecule has 10 heteroatoms. The number of halogens is 2. The number of aromatic nitrogens is 3. The third-order valence-corrected chi connectivity index (χ3v) is 5.55. The number of methoxy groups -OCH3 is 1. The van der Waals surface area contributed by atoms with Crippen LogP contribution in [0.5, 0.6) is 23.1 Å². The van der Waals surface area contributed by atoms with Crippen molar-refractivity contribution in [3.63, 3.8) is 0 Å². The molecule has 1 aliphatic carbocycles. The largest absolute Gasteiger partial charge is 0.504 e. The van der Waals surface area contributed by atoms with E-state index in [1.165, 1.54) is 30.0 Å². The Balaban J connectivity index is 1.50. The maximum absolute atomic E-state index is 14.3. The van der Waals surface area contributed by atoms with E-state index in [2.05, 4.69) is 15.4 Å². The average Bonchev–Trinajstić information content (AvgIpc) is 3.52. The van der Waals surface area contributed by atoms with Gasteiger partial charge in [-0.05, 0) is 49.6 Å². The first-order valence-electron chi connectivity index (χ1n) is 10.5. The standard InChI is InChI=1S/C24H20F2N4O4/c1-12-9-13(3-6-15(12)24(32)28-14-4-5-14)16-11-27-23-17(31)10-20(29-30(16)23)34-19-8-7-18(33-2)21(25)22(19)26/h3,6-11,14,31H,4-5H2,1-2H3,(H,28,32). The molecule has 0 saturated heterocycles. The SMILES string of the molecule is COc1ccc(Oc2cc(O)c3ncc(-c4ccc(C(=O)NC5CC5)c(C)c4)n3n2)c(F)c1F. The fourth-order valence-corrected chi connectivity index (χ4v) is 3.61. The highest BCUT2D eigenvalue weighted by molar-refractivity contribution is 5.96. The highest BCUT2D eigenvalue weighted by Gasteiger charge is 2.25. The smallest absolute Gasteiger partial charge is 0.251 e. The lowest BCUT2D eigenvalue weighted by atomic mass is 10.0. The summed E-state index contributed by atoms with van der Waals surface area (Å²) in [5.74, 6) is -3.69. The molecule has 1 fully saturated rings. The van der Waals surface area contributed by atoms with E-state index in [1.807, 2.05) is 13.0 Å². The van der Waals surface area contributed by atoms with Gasteiger partial charge in [-0.1, -0.05) is 6.07 Å². The molecule has 2 N–H and O–H groups in total. The molecular formula is C24H20F2N4O4. The van der Waals surface area contributed by atoms with Gasteiger partial charge in [0.25, 0.3) is 5.91 Å². The van der Waals surface area contributed by atoms with Crippen LogP contribution >= 0.6 is 0 Å². The lowest BCUT2D eigenvalue weighted by molar-refractivity contribution is 0.0950. The van der Waals surface area contributed by atoms with Gasteiger partial charge in [-0.15, -0.1) is 5.10 Å². The Bertz CT molecular complexity index is 1430. The normalized spacial score (nSPS) is 13.2. The number of carbonyl (C=O) groups is 1. The summed E-state index contributed by atoms with van der Waals surface area (Å²) in [4.78, 5) is 16.6. The van der Waals surface area contributed by atoms with E-state index >= 15 is 0 Å². The van der Waals surface area contributed by atoms with Crippen LogP contribution in [0.2, 0.25) is 0 Å². The van der Waals surface area contributed by atoms with Crippen molar-refractivity contribution in [2.24, 2.45) is 0 Å². The van der Waals surface area contributed by atoms with Crippen LogP contribution < -0.4 is 14.8 Å². The number of imidazole rings is 1. The Morgan fingerprint density at radius 1 is 1.15 bits per heavy atom. The van der Waals surface area contributed by atoms with Crippen LogP contribution in [0.4, 0.5) is 8.78 Å². The summed E-state index contributed by atoms with van der Waals surface area (Å²) in [5, 5.41) is 17.7. The molecule has 4 aromatic rings. The summed E-state index contributed by atoms with van der Waals surface area (Å²) in [6.07, 6.45) is 3.51. The van der Waals surface area contributed by atoms with Crippen LogP contribution in [0.15, 0.2) is 42.6 Å². The third-order valence-electron chi connectivity index (χ3n) is 5.55. The molecule has 1 amide bonds. The number of benzene rings is 2. The number of nitrogens with one attached hydrogen (secondary N) is 1. The molecule has 0 unspecified atom stereocenters. The van der Waals surface area contributed by atoms with E-state index in [4.69, 9.17) is 9.47 Å². The zero-order valence-corrected chi connectivity index (χ0v) is 18.3. The topological polar surface area (TPSA) is 98.0 Å². The molecular weight excluding hydrogens is 446 g/mol. The van der Waals surface area contributed by atoms with Crippen molar-refractivity contribution in [2.75, 3.05) is 7.11 Å². The highest BCUT2D eigenvalue weighted by Crippen LogP contribution is 2.33. The molecule has 0 atom stereocenters. The first-order valence-corrected chi connectivity index (χ1v) is 10.5. The van der Waals surface area contributed by atoms with E-state index in [-0.39, 0.29) is 35.0 Å². The van der Waals surface area contributed by atoms with Crippen LogP contribution in [0.1, 0.15) is 28.8 Å². The Kier molecular flexibility index (Phi) is 5.27. The zero-order chi connectivity index (χ0) is 24.0. The van der Waals surface area contributed by atoms with Gasteiger partial charge in [0.1, 0.15) is 0 Å². The predicted molar refractivity (Wildman–Crippen MR) is 118 cm³/mol. The van der Waals surface area contributed by atoms with Crippen LogP contribution in [-0.4, -0.2) is 38.8 Å². The van der Waals surface area contributed by atoms with Crippen molar-refractivity contribution in [2.45, 2.75) is 25.8 Å². The monoisotopic (exact) mass is 466 g/mol. The van der Waals surface area contributed by atoms with Crippen LogP contribution in [0.3, 0.4) is 0 Å². The first kappa shape index (κ1) is 21.6. The third kappa shape index (κ3) is 3.87. The van der Waals surface area contributed by atoms with Gasteiger partial charge in [0.15, 0.2) is 22.9 Å². The fraction of sp³-hybridized carbons (Fsp3) is 0.208. The van der Waals surface area contributed by atoms with E-state index in [9.17, 15) is 18.7 Å². The Labute approximate surface area is 192 Å². The van der Waals surface area contributed by atoms with Gasteiger partial charge in [0, 0.05) is 23.2 Å². The van der Waals surface area contributed by atoms with Crippen molar-refractivity contribution >= 4 is 11.6 Å². The number of hydrogen-bond donors (Lipinski definition) is 2. The van der Waals surface area contributed by atoms with Gasteiger partial charge in [-0.25, -0.2) is 9.50 Å². The highest BCUT2D eigenvalue weighted by atomic mass is 19.2. The molecule has 5 rings (SSSR count). The lowest BCUT2D eigenvalue weighted by Crippen LogP contribution is -2.26. The fourth-order valence-electron chi connectivity index (χ4n) is 3.61. The zero-order valence-electron chi connectivity index (χ0n) is 18.3. The maximum Gasteiger partial charge on any atom is 0.251 e. The molecule has 34 heavy (non-hydrogen) atoms. The summed E-state index contributed by atoms with van der Waals surface area (Å²) < 4.78 is 39.9. The van der Waals surface area contributed by atoms with Crippen LogP contribution in [0, 0.1) is 18.6 Å². The predicted octanol–water partition coefficient (Wildman–Crippen LogP) is 4.38. The summed E-state index contributed by atoms with van der Waals surface area (Å²) in [7, 11) is 1.22. The minimum atomic E-state index is -1.25. The van der Waals surface area contributed by atoms with Gasteiger partial charge in [0.05, 0.1) is 19.0 Å². The van der Waals surface area contributed by atoms with Gasteiger partial charge in [0.2, 0.25) is 17.5 Å². The van der Waals surface area contributed by atoms with Crippen molar-refractivity contribution in [3.8, 4) is 34.4 Å². The second-order valence-corrected chi connectivity index (χ2v) is 8.02. The second kappa shape index (κ2) is 8.29. The van der Waals surface area contributed by atoms with Crippen molar-refractivity contribution in [1.29, 1.82) is 0 Å². The van der Waals surface area contributed by atoms with Gasteiger partial charge >= 0.3 is 0 Å². The summed E-state index contributed by atoms with van der Waals surface area (Å²) >= 11 is 0. The number of nitrogens with zero attached hydrogens (tertiary/aromatic N) is 3. The van der Waals surface area contributed by atoms with E-state index in [0.717, 1.165) is 24.5 Å². The number of aromatic hydroxyl groups is 1. The molecule has 2 aromatic heterocycles. The molecule has 2 aromatic carbocycles. The summed E-state index contributed by atoms with van der Waals surface area (Å²) in [6.45, 7) is 1.83. The number of amides is 1. The molecule has 0 bridgehead atoms. The molecule has 174 valence electrons. The van der Waals surface area contributed by atoms with Gasteiger partial charge in [-0.3, -0.25) is 4.79 Å². The Morgan fingerprint density at radius 3 is 2.59 bits per heavy atom. The first-order chi connectivity index (χ1) is 16.4. The molecule has 1 saturated carbocycles. The molecule has 8 nitrogen and oxygen atoms in total. The molecule has 2 heterocycles. The summed E-state index contributed by atoms with van der Waals surface area (Å²) in [6, 6.07) is 9.11. The number of ether oxygens (including phenoxy) is 2. The second-order valence-electron chi connectivity index (χ2n) is 8.02. The molecule has 0 radical (unpaired) electrons. The van der Waals surface area contributed by atoms with Crippen LogP contribution in [0.25, 0.3) is 16.9 Å². The number of rotatable bonds is 6. The molecule has 0 spiro atoms. The van der Waals surface area contributed by atoms with E-state index in [1.54, 1.807) is 12.1 Å².